The number of ether oxygens (including phenoxy) is 1. The third-order valence-electron chi connectivity index (χ3n) is 2.49. The van der Waals surface area contributed by atoms with Crippen LogP contribution in [0.2, 0.25) is 5.28 Å². The molecule has 0 atom stereocenters. The predicted molar refractivity (Wildman–Crippen MR) is 54.6 cm³/mol. The zero-order valence-corrected chi connectivity index (χ0v) is 8.92. The maximum atomic E-state index is 5.82. The van der Waals surface area contributed by atoms with Crippen molar-refractivity contribution in [2.45, 2.75) is 25.7 Å². The first kappa shape index (κ1) is 9.87. The molecule has 0 N–H and O–H groups in total. The van der Waals surface area contributed by atoms with Gasteiger partial charge in [0.25, 0.3) is 0 Å². The molecule has 4 heteroatoms. The molecule has 1 saturated heterocycles. The van der Waals surface area contributed by atoms with Gasteiger partial charge in [-0.2, -0.15) is 0 Å². The van der Waals surface area contributed by atoms with Crippen LogP contribution in [0.3, 0.4) is 0 Å². The Morgan fingerprint density at radius 2 is 2.07 bits per heavy atom. The zero-order chi connectivity index (χ0) is 9.97. The van der Waals surface area contributed by atoms with Gasteiger partial charge in [-0.1, -0.05) is 0 Å². The molecule has 3 nitrogen and oxygen atoms in total. The van der Waals surface area contributed by atoms with E-state index in [1.54, 1.807) is 0 Å². The fourth-order valence-electron chi connectivity index (χ4n) is 1.76. The zero-order valence-electron chi connectivity index (χ0n) is 8.16. The maximum Gasteiger partial charge on any atom is 0.222 e. The van der Waals surface area contributed by atoms with Crippen molar-refractivity contribution in [3.63, 3.8) is 0 Å². The average Bonchev–Trinajstić information content (AvgIpc) is 2.18. The van der Waals surface area contributed by atoms with E-state index in [9.17, 15) is 0 Å². The van der Waals surface area contributed by atoms with Gasteiger partial charge in [0, 0.05) is 30.5 Å². The Kier molecular flexibility index (Phi) is 2.99. The van der Waals surface area contributed by atoms with Crippen molar-refractivity contribution in [3.05, 3.63) is 22.7 Å². The highest BCUT2D eigenvalue weighted by atomic mass is 35.5. The second-order valence-corrected chi connectivity index (χ2v) is 3.93. The first-order valence-corrected chi connectivity index (χ1v) is 5.22. The van der Waals surface area contributed by atoms with Crippen molar-refractivity contribution in [1.82, 2.24) is 9.97 Å². The summed E-state index contributed by atoms with van der Waals surface area (Å²) in [5, 5.41) is 0.353. The average molecular weight is 213 g/mol. The molecular formula is C10H13ClN2O. The topological polar surface area (TPSA) is 35.0 Å². The quantitative estimate of drug-likeness (QED) is 0.671. The molecular weight excluding hydrogens is 200 g/mol. The summed E-state index contributed by atoms with van der Waals surface area (Å²) in [6, 6.07) is 2.02. The van der Waals surface area contributed by atoms with Gasteiger partial charge in [-0.05, 0) is 37.4 Å². The van der Waals surface area contributed by atoms with Crippen molar-refractivity contribution in [2.75, 3.05) is 13.2 Å². The minimum atomic E-state index is 0.353. The second-order valence-electron chi connectivity index (χ2n) is 3.59. The van der Waals surface area contributed by atoms with E-state index in [1.165, 1.54) is 0 Å². The van der Waals surface area contributed by atoms with Crippen molar-refractivity contribution >= 4 is 11.6 Å². The molecule has 1 aromatic heterocycles. The van der Waals surface area contributed by atoms with Gasteiger partial charge in [0.05, 0.1) is 0 Å². The lowest BCUT2D eigenvalue weighted by molar-refractivity contribution is 0.0844. The van der Waals surface area contributed by atoms with Gasteiger partial charge in [-0.15, -0.1) is 0 Å². The highest BCUT2D eigenvalue weighted by molar-refractivity contribution is 6.28. The van der Waals surface area contributed by atoms with Gasteiger partial charge in [-0.3, -0.25) is 0 Å². The molecule has 14 heavy (non-hydrogen) atoms. The fraction of sp³-hybridized carbons (Fsp3) is 0.600. The highest BCUT2D eigenvalue weighted by Gasteiger charge is 2.17. The van der Waals surface area contributed by atoms with Crippen molar-refractivity contribution in [1.29, 1.82) is 0 Å². The number of hydrogen-bond acceptors (Lipinski definition) is 3. The van der Waals surface area contributed by atoms with E-state index in [0.29, 0.717) is 11.2 Å². The molecule has 0 saturated carbocycles. The number of hydrogen-bond donors (Lipinski definition) is 0. The van der Waals surface area contributed by atoms with E-state index in [0.717, 1.165) is 37.4 Å². The van der Waals surface area contributed by atoms with E-state index in [4.69, 9.17) is 16.3 Å². The number of halogens is 1. The molecule has 1 fully saturated rings. The molecule has 0 aliphatic carbocycles. The Hall–Kier alpha value is -0.670. The Morgan fingerprint density at radius 1 is 1.36 bits per heavy atom. The molecule has 0 aromatic carbocycles. The van der Waals surface area contributed by atoms with Gasteiger partial charge in [0.15, 0.2) is 0 Å². The first-order chi connectivity index (χ1) is 6.75. The highest BCUT2D eigenvalue weighted by Crippen LogP contribution is 2.26. The Bertz CT molecular complexity index is 304. The van der Waals surface area contributed by atoms with Gasteiger partial charge < -0.3 is 4.74 Å². The van der Waals surface area contributed by atoms with Gasteiger partial charge in [-0.25, -0.2) is 9.97 Å². The standard InChI is InChI=1S/C10H13ClN2O/c1-7-6-9(13-10(11)12-7)8-2-4-14-5-3-8/h6,8H,2-5H2,1H3. The van der Waals surface area contributed by atoms with Crippen molar-refractivity contribution in [3.8, 4) is 0 Å². The SMILES string of the molecule is Cc1cc(C2CCOCC2)nc(Cl)n1. The summed E-state index contributed by atoms with van der Waals surface area (Å²) in [7, 11) is 0. The Labute approximate surface area is 88.5 Å². The van der Waals surface area contributed by atoms with E-state index >= 15 is 0 Å². The third-order valence-corrected chi connectivity index (χ3v) is 2.66. The first-order valence-electron chi connectivity index (χ1n) is 4.84. The third kappa shape index (κ3) is 2.22. The molecule has 2 heterocycles. The van der Waals surface area contributed by atoms with E-state index in [-0.39, 0.29) is 0 Å². The fourth-order valence-corrected chi connectivity index (χ4v) is 1.99. The van der Waals surface area contributed by atoms with Crippen LogP contribution >= 0.6 is 11.6 Å². The number of aromatic nitrogens is 2. The summed E-state index contributed by atoms with van der Waals surface area (Å²) in [4.78, 5) is 8.31. The summed E-state index contributed by atoms with van der Waals surface area (Å²) >= 11 is 5.82. The van der Waals surface area contributed by atoms with E-state index < -0.39 is 0 Å². The number of nitrogens with zero attached hydrogens (tertiary/aromatic N) is 2. The number of aryl methyl sites for hydroxylation is 1. The maximum absolute atomic E-state index is 5.82. The summed E-state index contributed by atoms with van der Waals surface area (Å²) in [5.41, 5.74) is 2.00. The summed E-state index contributed by atoms with van der Waals surface area (Å²) in [6.07, 6.45) is 2.07. The van der Waals surface area contributed by atoms with Crippen molar-refractivity contribution in [2.24, 2.45) is 0 Å². The van der Waals surface area contributed by atoms with Crippen LogP contribution in [0.25, 0.3) is 0 Å². The predicted octanol–water partition coefficient (Wildman–Crippen LogP) is 2.33. The molecule has 0 unspecified atom stereocenters. The Morgan fingerprint density at radius 3 is 2.71 bits per heavy atom. The molecule has 0 radical (unpaired) electrons. The van der Waals surface area contributed by atoms with Crippen LogP contribution in [0.5, 0.6) is 0 Å². The molecule has 0 amide bonds. The molecule has 0 bridgehead atoms. The minimum absolute atomic E-state index is 0.353. The molecule has 0 spiro atoms. The summed E-state index contributed by atoms with van der Waals surface area (Å²) < 4.78 is 5.31. The molecule has 1 aromatic rings. The van der Waals surface area contributed by atoms with E-state index in [2.05, 4.69) is 9.97 Å². The van der Waals surface area contributed by atoms with Crippen LogP contribution in [0.4, 0.5) is 0 Å². The van der Waals surface area contributed by atoms with Gasteiger partial charge in [0.2, 0.25) is 5.28 Å². The van der Waals surface area contributed by atoms with Crippen LogP contribution in [0.1, 0.15) is 30.1 Å². The van der Waals surface area contributed by atoms with Crippen LogP contribution in [-0.4, -0.2) is 23.2 Å². The molecule has 76 valence electrons. The second kappa shape index (κ2) is 4.24. The Balaban J connectivity index is 2.21. The normalized spacial score (nSPS) is 18.4. The minimum Gasteiger partial charge on any atom is -0.381 e. The monoisotopic (exact) mass is 212 g/mol. The van der Waals surface area contributed by atoms with Gasteiger partial charge >= 0.3 is 0 Å². The lowest BCUT2D eigenvalue weighted by Gasteiger charge is -2.21. The van der Waals surface area contributed by atoms with Crippen LogP contribution < -0.4 is 0 Å². The van der Waals surface area contributed by atoms with Crippen LogP contribution in [0, 0.1) is 6.92 Å². The van der Waals surface area contributed by atoms with E-state index in [1.807, 2.05) is 13.0 Å². The number of rotatable bonds is 1. The van der Waals surface area contributed by atoms with Gasteiger partial charge in [0.1, 0.15) is 0 Å². The summed E-state index contributed by atoms with van der Waals surface area (Å²) in [5.74, 6) is 0.489. The molecule has 1 aliphatic heterocycles. The molecule has 1 aliphatic rings. The summed E-state index contributed by atoms with van der Waals surface area (Å²) in [6.45, 7) is 3.59. The lowest BCUT2D eigenvalue weighted by Crippen LogP contribution is -2.15. The van der Waals surface area contributed by atoms with Crippen LogP contribution in [-0.2, 0) is 4.74 Å². The largest absolute Gasteiger partial charge is 0.381 e. The molecule has 2 rings (SSSR count). The van der Waals surface area contributed by atoms with Crippen molar-refractivity contribution < 1.29 is 4.74 Å². The lowest BCUT2D eigenvalue weighted by atomic mass is 9.96. The smallest absolute Gasteiger partial charge is 0.222 e. The van der Waals surface area contributed by atoms with Crippen LogP contribution in [0.15, 0.2) is 6.07 Å².